The number of hydroxylamine groups is 2. The van der Waals surface area contributed by atoms with Crippen molar-refractivity contribution in [2.45, 2.75) is 154 Å². The van der Waals surface area contributed by atoms with Crippen LogP contribution >= 0.6 is 0 Å². The molecular formula is C27H57N2O+. The third-order valence-electron chi connectivity index (χ3n) is 7.80. The standard InChI is InChI=1S/C27H57N2O/c1-8-9-10-11-12-13-14-15-16-17-18-19-20-21-22-29(6,7)25-23-26(2,3)28(30)27(4,5)24-25/h25,28H,8-24H2,1-7H3/q+1. The molecule has 0 spiro atoms. The van der Waals surface area contributed by atoms with Gasteiger partial charge in [-0.15, -0.1) is 0 Å². The summed E-state index contributed by atoms with van der Waals surface area (Å²) in [6.45, 7) is 12.2. The van der Waals surface area contributed by atoms with Gasteiger partial charge in [0.1, 0.15) is 6.04 Å². The summed E-state index contributed by atoms with van der Waals surface area (Å²) in [5.41, 5.74) is -0.338. The molecule has 0 aliphatic carbocycles. The molecule has 0 bridgehead atoms. The second-order valence-electron chi connectivity index (χ2n) is 12.3. The summed E-state index contributed by atoms with van der Waals surface area (Å²) >= 11 is 0. The highest BCUT2D eigenvalue weighted by atomic mass is 16.5. The maximum absolute atomic E-state index is 12.7. The van der Waals surface area contributed by atoms with Crippen molar-refractivity contribution in [1.29, 1.82) is 0 Å². The molecule has 0 aromatic heterocycles. The van der Waals surface area contributed by atoms with Gasteiger partial charge in [-0.2, -0.15) is 0 Å². The van der Waals surface area contributed by atoms with Crippen LogP contribution in [0, 0.1) is 5.21 Å². The minimum atomic E-state index is -0.169. The molecule has 0 radical (unpaired) electrons. The van der Waals surface area contributed by atoms with Gasteiger partial charge in [0.2, 0.25) is 0 Å². The van der Waals surface area contributed by atoms with Gasteiger partial charge in [0.25, 0.3) is 0 Å². The van der Waals surface area contributed by atoms with Gasteiger partial charge in [-0.3, -0.25) is 0 Å². The van der Waals surface area contributed by atoms with E-state index in [0.29, 0.717) is 11.1 Å². The lowest BCUT2D eigenvalue weighted by molar-refractivity contribution is -0.985. The lowest BCUT2D eigenvalue weighted by Crippen LogP contribution is -3.23. The van der Waals surface area contributed by atoms with Gasteiger partial charge in [0.05, 0.1) is 44.6 Å². The molecular weight excluding hydrogens is 368 g/mol. The largest absolute Gasteiger partial charge is 0.634 e. The second-order valence-corrected chi connectivity index (χ2v) is 12.3. The number of hydrogen-bond donors (Lipinski definition) is 1. The van der Waals surface area contributed by atoms with Gasteiger partial charge >= 0.3 is 0 Å². The number of rotatable bonds is 16. The Hall–Kier alpha value is -0.120. The third kappa shape index (κ3) is 10.0. The highest BCUT2D eigenvalue weighted by Gasteiger charge is 2.50. The number of quaternary nitrogens is 2. The molecule has 30 heavy (non-hydrogen) atoms. The van der Waals surface area contributed by atoms with Crippen molar-refractivity contribution in [3.63, 3.8) is 0 Å². The highest BCUT2D eigenvalue weighted by Crippen LogP contribution is 2.30. The van der Waals surface area contributed by atoms with Gasteiger partial charge in [0.15, 0.2) is 0 Å². The molecule has 1 fully saturated rings. The average molecular weight is 426 g/mol. The fourth-order valence-corrected chi connectivity index (χ4v) is 5.74. The zero-order valence-electron chi connectivity index (χ0n) is 22.0. The van der Waals surface area contributed by atoms with Crippen LogP contribution < -0.4 is 5.06 Å². The van der Waals surface area contributed by atoms with E-state index in [-0.39, 0.29) is 11.1 Å². The zero-order valence-corrected chi connectivity index (χ0v) is 22.0. The highest BCUT2D eigenvalue weighted by molar-refractivity contribution is 4.87. The summed E-state index contributed by atoms with van der Waals surface area (Å²) in [6.07, 6.45) is 22.0. The van der Waals surface area contributed by atoms with E-state index in [1.165, 1.54) is 96.4 Å². The second kappa shape index (κ2) is 13.4. The first-order chi connectivity index (χ1) is 14.0. The van der Waals surface area contributed by atoms with Crippen LogP contribution in [0.25, 0.3) is 0 Å². The molecule has 1 heterocycles. The Morgan fingerprint density at radius 1 is 0.667 bits per heavy atom. The van der Waals surface area contributed by atoms with Crippen molar-refractivity contribution in [2.24, 2.45) is 0 Å². The zero-order chi connectivity index (χ0) is 22.7. The van der Waals surface area contributed by atoms with Crippen LogP contribution in [0.15, 0.2) is 0 Å². The molecule has 180 valence electrons. The third-order valence-corrected chi connectivity index (χ3v) is 7.80. The van der Waals surface area contributed by atoms with Crippen molar-refractivity contribution in [1.82, 2.24) is 0 Å². The Balaban J connectivity index is 2.09. The maximum atomic E-state index is 12.7. The van der Waals surface area contributed by atoms with E-state index >= 15 is 0 Å². The van der Waals surface area contributed by atoms with E-state index in [9.17, 15) is 5.21 Å². The van der Waals surface area contributed by atoms with Crippen molar-refractivity contribution >= 4 is 0 Å². The van der Waals surface area contributed by atoms with Crippen molar-refractivity contribution in [3.05, 3.63) is 5.21 Å². The monoisotopic (exact) mass is 425 g/mol. The average Bonchev–Trinajstić information content (AvgIpc) is 2.65. The van der Waals surface area contributed by atoms with Crippen LogP contribution in [0.2, 0.25) is 0 Å². The van der Waals surface area contributed by atoms with E-state index in [1.54, 1.807) is 0 Å². The quantitative estimate of drug-likeness (QED) is 0.167. The first kappa shape index (κ1) is 27.9. The summed E-state index contributed by atoms with van der Waals surface area (Å²) in [4.78, 5) is 0. The first-order valence-electron chi connectivity index (χ1n) is 13.4. The minimum absolute atomic E-state index is 0.169. The van der Waals surface area contributed by atoms with Gasteiger partial charge in [-0.05, 0) is 40.5 Å². The van der Waals surface area contributed by atoms with Gasteiger partial charge < -0.3 is 14.8 Å². The molecule has 0 aromatic carbocycles. The molecule has 1 aliphatic heterocycles. The fourth-order valence-electron chi connectivity index (χ4n) is 5.74. The van der Waals surface area contributed by atoms with Gasteiger partial charge in [-0.1, -0.05) is 84.0 Å². The molecule has 1 saturated heterocycles. The molecule has 1 N–H and O–H groups in total. The first-order valence-corrected chi connectivity index (χ1v) is 13.4. The lowest BCUT2D eigenvalue weighted by atomic mass is 9.77. The summed E-state index contributed by atoms with van der Waals surface area (Å²) in [6, 6.07) is 0.606. The van der Waals surface area contributed by atoms with Crippen LogP contribution in [0.5, 0.6) is 0 Å². The van der Waals surface area contributed by atoms with Gasteiger partial charge in [-0.25, -0.2) is 0 Å². The molecule has 1 rings (SSSR count). The van der Waals surface area contributed by atoms with E-state index in [2.05, 4.69) is 48.7 Å². The van der Waals surface area contributed by atoms with Crippen molar-refractivity contribution in [3.8, 4) is 0 Å². The Kier molecular flexibility index (Phi) is 12.5. The maximum Gasteiger partial charge on any atom is 0.101 e. The predicted octanol–water partition coefficient (Wildman–Crippen LogP) is 6.65. The van der Waals surface area contributed by atoms with Gasteiger partial charge in [0, 0.05) is 0 Å². The molecule has 1 aliphatic rings. The molecule has 3 nitrogen and oxygen atoms in total. The Morgan fingerprint density at radius 2 is 1.00 bits per heavy atom. The molecule has 3 heteroatoms. The Morgan fingerprint density at radius 3 is 1.37 bits per heavy atom. The number of nitrogens with one attached hydrogen (secondary N) is 1. The molecule has 0 amide bonds. The Bertz CT molecular complexity index is 426. The molecule has 0 unspecified atom stereocenters. The van der Waals surface area contributed by atoms with Crippen LogP contribution in [0.3, 0.4) is 0 Å². The van der Waals surface area contributed by atoms with Crippen LogP contribution in [0.1, 0.15) is 137 Å². The van der Waals surface area contributed by atoms with E-state index in [1.807, 2.05) is 0 Å². The van der Waals surface area contributed by atoms with Crippen LogP contribution in [-0.2, 0) is 0 Å². The summed E-state index contributed by atoms with van der Waals surface area (Å²) in [5.74, 6) is 0. The van der Waals surface area contributed by atoms with E-state index in [4.69, 9.17) is 0 Å². The lowest BCUT2D eigenvalue weighted by Gasteiger charge is -2.57. The number of unbranched alkanes of at least 4 members (excludes halogenated alkanes) is 13. The number of piperidine rings is 1. The number of nitrogens with zero attached hydrogens (tertiary/aromatic N) is 1. The number of hydrogen-bond acceptors (Lipinski definition) is 1. The predicted molar refractivity (Wildman–Crippen MR) is 133 cm³/mol. The topological polar surface area (TPSA) is 27.5 Å². The van der Waals surface area contributed by atoms with E-state index in [0.717, 1.165) is 17.3 Å². The van der Waals surface area contributed by atoms with Crippen molar-refractivity contribution < 1.29 is 9.55 Å². The van der Waals surface area contributed by atoms with Crippen LogP contribution in [0.4, 0.5) is 0 Å². The summed E-state index contributed by atoms with van der Waals surface area (Å²) in [5, 5.41) is 13.2. The Labute approximate surface area is 190 Å². The smallest absolute Gasteiger partial charge is 0.101 e. The molecule has 0 aromatic rings. The SMILES string of the molecule is CCCCCCCCCCCCCCCC[N+](C)(C)C1CC(C)(C)[NH+]([O-])C(C)(C)C1. The minimum Gasteiger partial charge on any atom is -0.634 e. The summed E-state index contributed by atoms with van der Waals surface area (Å²) in [7, 11) is 4.80. The molecule has 0 saturated carbocycles. The fraction of sp³-hybridized carbons (Fsp3) is 1.00. The van der Waals surface area contributed by atoms with Crippen molar-refractivity contribution in [2.75, 3.05) is 20.6 Å². The summed E-state index contributed by atoms with van der Waals surface area (Å²) < 4.78 is 1.08. The molecule has 0 atom stereocenters. The normalized spacial score (nSPS) is 23.6. The van der Waals surface area contributed by atoms with E-state index < -0.39 is 0 Å². The van der Waals surface area contributed by atoms with Crippen LogP contribution in [-0.4, -0.2) is 42.2 Å².